The minimum absolute atomic E-state index is 0.0458. The van der Waals surface area contributed by atoms with Crippen LogP contribution in [0.5, 0.6) is 5.75 Å². The number of carbonyl (C=O) groups is 1. The summed E-state index contributed by atoms with van der Waals surface area (Å²) in [6.45, 7) is 3.15. The molecule has 1 aliphatic rings. The van der Waals surface area contributed by atoms with Gasteiger partial charge in [-0.1, -0.05) is 36.4 Å². The molecular formula is C22H28N2O4S. The summed E-state index contributed by atoms with van der Waals surface area (Å²) >= 11 is 0. The number of methoxy groups -OCH3 is 1. The van der Waals surface area contributed by atoms with Crippen LogP contribution in [-0.4, -0.2) is 45.5 Å². The molecule has 7 heteroatoms. The number of amides is 1. The molecule has 1 N–H and O–H groups in total. The third-order valence-corrected chi connectivity index (χ3v) is 6.65. The number of carbonyl (C=O) groups excluding carboxylic acids is 1. The van der Waals surface area contributed by atoms with Crippen molar-refractivity contribution in [3.05, 3.63) is 59.7 Å². The number of ether oxygens (including phenoxy) is 1. The first-order valence-electron chi connectivity index (χ1n) is 9.90. The SMILES string of the molecule is COc1ccc(C)cc1S(=O)(=O)NC(Cc1ccccc1)C(=O)N1CCCCC1. The van der Waals surface area contributed by atoms with Crippen LogP contribution in [-0.2, 0) is 21.2 Å². The van der Waals surface area contributed by atoms with E-state index < -0.39 is 16.1 Å². The van der Waals surface area contributed by atoms with Crippen molar-refractivity contribution in [2.45, 2.75) is 43.5 Å². The molecule has 1 unspecified atom stereocenters. The second-order valence-electron chi connectivity index (χ2n) is 7.40. The Balaban J connectivity index is 1.91. The molecule has 1 fully saturated rings. The van der Waals surface area contributed by atoms with E-state index in [9.17, 15) is 13.2 Å². The van der Waals surface area contributed by atoms with Gasteiger partial charge in [-0.3, -0.25) is 4.79 Å². The molecule has 0 saturated carbocycles. The highest BCUT2D eigenvalue weighted by Crippen LogP contribution is 2.25. The summed E-state index contributed by atoms with van der Waals surface area (Å²) < 4.78 is 34.3. The second kappa shape index (κ2) is 9.41. The third kappa shape index (κ3) is 5.36. The summed E-state index contributed by atoms with van der Waals surface area (Å²) in [5.74, 6) is 0.0794. The van der Waals surface area contributed by atoms with E-state index in [0.717, 1.165) is 30.4 Å². The van der Waals surface area contributed by atoms with Crippen LogP contribution in [0.25, 0.3) is 0 Å². The Morgan fingerprint density at radius 3 is 2.45 bits per heavy atom. The fraction of sp³-hybridized carbons (Fsp3) is 0.409. The van der Waals surface area contributed by atoms with E-state index in [4.69, 9.17) is 4.74 Å². The van der Waals surface area contributed by atoms with E-state index in [-0.39, 0.29) is 16.6 Å². The predicted molar refractivity (Wildman–Crippen MR) is 112 cm³/mol. The van der Waals surface area contributed by atoms with E-state index in [0.29, 0.717) is 19.5 Å². The number of likely N-dealkylation sites (tertiary alicyclic amines) is 1. The Bertz CT molecular complexity index is 939. The van der Waals surface area contributed by atoms with Crippen LogP contribution in [0.15, 0.2) is 53.4 Å². The van der Waals surface area contributed by atoms with Crippen molar-refractivity contribution in [1.29, 1.82) is 0 Å². The fourth-order valence-corrected chi connectivity index (χ4v) is 5.05. The van der Waals surface area contributed by atoms with E-state index in [1.54, 1.807) is 23.1 Å². The maximum atomic E-state index is 13.2. The van der Waals surface area contributed by atoms with Crippen molar-refractivity contribution in [2.75, 3.05) is 20.2 Å². The van der Waals surface area contributed by atoms with Gasteiger partial charge in [-0.05, 0) is 55.9 Å². The number of benzene rings is 2. The van der Waals surface area contributed by atoms with Crippen LogP contribution in [0.3, 0.4) is 0 Å². The maximum absolute atomic E-state index is 13.2. The average molecular weight is 417 g/mol. The number of aryl methyl sites for hydroxylation is 1. The second-order valence-corrected chi connectivity index (χ2v) is 9.09. The van der Waals surface area contributed by atoms with Crippen molar-refractivity contribution in [2.24, 2.45) is 0 Å². The number of nitrogens with one attached hydrogen (secondary N) is 1. The normalized spacial score (nSPS) is 15.7. The Kier molecular flexibility index (Phi) is 6.92. The predicted octanol–water partition coefficient (Wildman–Crippen LogP) is 2.91. The summed E-state index contributed by atoms with van der Waals surface area (Å²) in [5, 5.41) is 0. The third-order valence-electron chi connectivity index (χ3n) is 5.15. The summed E-state index contributed by atoms with van der Waals surface area (Å²) in [4.78, 5) is 15.0. The first kappa shape index (κ1) is 21.3. The maximum Gasteiger partial charge on any atom is 0.244 e. The molecule has 0 aliphatic carbocycles. The van der Waals surface area contributed by atoms with Crippen LogP contribution >= 0.6 is 0 Å². The zero-order valence-electron chi connectivity index (χ0n) is 16.9. The lowest BCUT2D eigenvalue weighted by molar-refractivity contribution is -0.133. The van der Waals surface area contributed by atoms with E-state index in [2.05, 4.69) is 4.72 Å². The van der Waals surface area contributed by atoms with Gasteiger partial charge >= 0.3 is 0 Å². The van der Waals surface area contributed by atoms with Gasteiger partial charge in [0.05, 0.1) is 7.11 Å². The minimum Gasteiger partial charge on any atom is -0.495 e. The highest BCUT2D eigenvalue weighted by molar-refractivity contribution is 7.89. The molecule has 1 saturated heterocycles. The number of sulfonamides is 1. The van der Waals surface area contributed by atoms with Gasteiger partial charge in [-0.15, -0.1) is 0 Å². The molecule has 2 aromatic rings. The molecule has 156 valence electrons. The highest BCUT2D eigenvalue weighted by atomic mass is 32.2. The Morgan fingerprint density at radius 1 is 1.10 bits per heavy atom. The topological polar surface area (TPSA) is 75.7 Å². The largest absolute Gasteiger partial charge is 0.495 e. The monoisotopic (exact) mass is 416 g/mol. The summed E-state index contributed by atoms with van der Waals surface area (Å²) in [6.07, 6.45) is 3.29. The lowest BCUT2D eigenvalue weighted by atomic mass is 10.0. The van der Waals surface area contributed by atoms with Crippen LogP contribution < -0.4 is 9.46 Å². The van der Waals surface area contributed by atoms with Crippen LogP contribution in [0.1, 0.15) is 30.4 Å². The van der Waals surface area contributed by atoms with E-state index in [1.165, 1.54) is 7.11 Å². The fourth-order valence-electron chi connectivity index (χ4n) is 3.61. The molecule has 3 rings (SSSR count). The molecule has 2 aromatic carbocycles. The van der Waals surface area contributed by atoms with Gasteiger partial charge < -0.3 is 9.64 Å². The van der Waals surface area contributed by atoms with Gasteiger partial charge in [0.25, 0.3) is 0 Å². The summed E-state index contributed by atoms with van der Waals surface area (Å²) in [6, 6.07) is 13.6. The molecule has 29 heavy (non-hydrogen) atoms. The van der Waals surface area contributed by atoms with Gasteiger partial charge in [0.1, 0.15) is 16.7 Å². The van der Waals surface area contributed by atoms with E-state index >= 15 is 0 Å². The molecule has 1 amide bonds. The Morgan fingerprint density at radius 2 is 1.79 bits per heavy atom. The molecule has 1 atom stereocenters. The summed E-state index contributed by atoms with van der Waals surface area (Å²) in [5.41, 5.74) is 1.70. The van der Waals surface area contributed by atoms with Gasteiger partial charge in [0, 0.05) is 13.1 Å². The quantitative estimate of drug-likeness (QED) is 0.753. The molecular weight excluding hydrogens is 388 g/mol. The number of nitrogens with zero attached hydrogens (tertiary/aromatic N) is 1. The first-order valence-corrected chi connectivity index (χ1v) is 11.4. The molecule has 6 nitrogen and oxygen atoms in total. The minimum atomic E-state index is -3.95. The van der Waals surface area contributed by atoms with Gasteiger partial charge in [0.2, 0.25) is 15.9 Å². The van der Waals surface area contributed by atoms with Crippen molar-refractivity contribution >= 4 is 15.9 Å². The standard InChI is InChI=1S/C22H28N2O4S/c1-17-11-12-20(28-2)21(15-17)29(26,27)23-19(16-18-9-5-3-6-10-18)22(25)24-13-7-4-8-14-24/h3,5-6,9-12,15,19,23H,4,7-8,13-14,16H2,1-2H3. The number of hydrogen-bond acceptors (Lipinski definition) is 4. The lowest BCUT2D eigenvalue weighted by Crippen LogP contribution is -2.51. The first-order chi connectivity index (χ1) is 13.9. The average Bonchev–Trinajstić information content (AvgIpc) is 2.74. The van der Waals surface area contributed by atoms with Crippen LogP contribution in [0.2, 0.25) is 0 Å². The zero-order chi connectivity index (χ0) is 20.9. The van der Waals surface area contributed by atoms with Crippen molar-refractivity contribution < 1.29 is 17.9 Å². The molecule has 0 aromatic heterocycles. The van der Waals surface area contributed by atoms with Gasteiger partial charge in [0.15, 0.2) is 0 Å². The van der Waals surface area contributed by atoms with E-state index in [1.807, 2.05) is 37.3 Å². The molecule has 1 aliphatic heterocycles. The molecule has 1 heterocycles. The molecule has 0 radical (unpaired) electrons. The number of rotatable bonds is 7. The molecule has 0 bridgehead atoms. The lowest BCUT2D eigenvalue weighted by Gasteiger charge is -2.31. The van der Waals surface area contributed by atoms with Crippen molar-refractivity contribution in [3.63, 3.8) is 0 Å². The smallest absolute Gasteiger partial charge is 0.244 e. The highest BCUT2D eigenvalue weighted by Gasteiger charge is 2.31. The summed E-state index contributed by atoms with van der Waals surface area (Å²) in [7, 11) is -2.52. The Labute approximate surface area is 172 Å². The van der Waals surface area contributed by atoms with Gasteiger partial charge in [-0.2, -0.15) is 4.72 Å². The van der Waals surface area contributed by atoms with Crippen LogP contribution in [0, 0.1) is 6.92 Å². The number of piperidine rings is 1. The zero-order valence-corrected chi connectivity index (χ0v) is 17.7. The number of hydrogen-bond donors (Lipinski definition) is 1. The van der Waals surface area contributed by atoms with Crippen LogP contribution in [0.4, 0.5) is 0 Å². The van der Waals surface area contributed by atoms with Gasteiger partial charge in [-0.25, -0.2) is 8.42 Å². The Hall–Kier alpha value is -2.38. The molecule has 0 spiro atoms. The van der Waals surface area contributed by atoms with Crippen molar-refractivity contribution in [1.82, 2.24) is 9.62 Å². The van der Waals surface area contributed by atoms with Crippen molar-refractivity contribution in [3.8, 4) is 5.75 Å².